The number of unbranched alkanes of at least 4 members (excludes halogenated alkanes) is 2. The predicted octanol–water partition coefficient (Wildman–Crippen LogP) is 4.13. The summed E-state index contributed by atoms with van der Waals surface area (Å²) < 4.78 is 12.1. The molecule has 39 heavy (non-hydrogen) atoms. The number of carbonyl (C=O) groups is 3. The molecule has 216 valence electrons. The molecule has 2 saturated heterocycles. The van der Waals surface area contributed by atoms with Gasteiger partial charge in [0.25, 0.3) is 0 Å². The van der Waals surface area contributed by atoms with Crippen molar-refractivity contribution in [1.82, 2.24) is 14.7 Å². The molecule has 0 spiro atoms. The van der Waals surface area contributed by atoms with Crippen LogP contribution in [0.5, 0.6) is 11.5 Å². The minimum absolute atomic E-state index is 0.0760. The molecule has 10 heteroatoms. The van der Waals surface area contributed by atoms with E-state index in [2.05, 4.69) is 34.4 Å². The van der Waals surface area contributed by atoms with Gasteiger partial charge in [-0.05, 0) is 60.6 Å². The highest BCUT2D eigenvalue weighted by Crippen LogP contribution is 2.43. The fraction of sp³-hybridized carbons (Fsp3) is 0.690. The first-order chi connectivity index (χ1) is 18.9. The highest BCUT2D eigenvalue weighted by molar-refractivity contribution is 14.1. The average Bonchev–Trinajstić information content (AvgIpc) is 3.64. The van der Waals surface area contributed by atoms with Gasteiger partial charge in [-0.3, -0.25) is 19.3 Å². The van der Waals surface area contributed by atoms with Crippen LogP contribution in [0.2, 0.25) is 0 Å². The molecule has 3 aliphatic rings. The topological polar surface area (TPSA) is 99.6 Å². The highest BCUT2D eigenvalue weighted by Gasteiger charge is 2.47. The molecule has 0 saturated carbocycles. The maximum atomic E-state index is 13.6. The van der Waals surface area contributed by atoms with Crippen LogP contribution < -0.4 is 9.47 Å². The Morgan fingerprint density at radius 2 is 1.92 bits per heavy atom. The van der Waals surface area contributed by atoms with Crippen LogP contribution in [0, 0.1) is 5.92 Å². The van der Waals surface area contributed by atoms with Crippen molar-refractivity contribution in [3.8, 4) is 11.5 Å². The summed E-state index contributed by atoms with van der Waals surface area (Å²) in [5, 5.41) is 10.4. The molecule has 3 aliphatic heterocycles. The lowest BCUT2D eigenvalue weighted by Gasteiger charge is -2.30. The number of halogens is 1. The number of amides is 2. The Morgan fingerprint density at radius 3 is 2.64 bits per heavy atom. The van der Waals surface area contributed by atoms with Crippen molar-refractivity contribution >= 4 is 40.4 Å². The van der Waals surface area contributed by atoms with Crippen LogP contribution in [0.25, 0.3) is 0 Å². The van der Waals surface area contributed by atoms with Crippen molar-refractivity contribution in [2.24, 2.45) is 5.92 Å². The molecule has 0 radical (unpaired) electrons. The summed E-state index contributed by atoms with van der Waals surface area (Å²) in [5.74, 6) is -0.217. The van der Waals surface area contributed by atoms with E-state index < -0.39 is 11.9 Å². The maximum Gasteiger partial charge on any atom is 0.308 e. The molecular weight excluding hydrogens is 613 g/mol. The molecule has 4 rings (SSSR count). The standard InChI is InChI=1S/C29H42IN3O6/c1-2-3-13-32(14-5-4-12-30)27(35)19-33-18-22(21-10-11-24-25(17-21)39-20-38-24)28(29(36)37)23(33)8-6-15-31-16-7-9-26(31)34/h10-11,17,22-23,28H,2-9,12-16,18-20H2,1H3,(H,36,37)/t22-,23+,28-/m1/s1. The summed E-state index contributed by atoms with van der Waals surface area (Å²) >= 11 is 2.37. The van der Waals surface area contributed by atoms with E-state index >= 15 is 0 Å². The maximum absolute atomic E-state index is 13.6. The van der Waals surface area contributed by atoms with E-state index in [4.69, 9.17) is 9.47 Å². The third kappa shape index (κ3) is 7.56. The van der Waals surface area contributed by atoms with Gasteiger partial charge in [-0.15, -0.1) is 0 Å². The number of fused-ring (bicyclic) bond motifs is 1. The summed E-state index contributed by atoms with van der Waals surface area (Å²) in [5.41, 5.74) is 0.895. The highest BCUT2D eigenvalue weighted by atomic mass is 127. The SMILES string of the molecule is CCCCN(CCCCI)C(=O)CN1C[C@H](c2ccc3c(c2)OCO3)[C@@H](C(=O)O)[C@@H]1CCCN1CCCC1=O. The second-order valence-electron chi connectivity index (χ2n) is 10.8. The molecule has 3 atom stereocenters. The van der Waals surface area contributed by atoms with Crippen LogP contribution in [-0.2, 0) is 14.4 Å². The van der Waals surface area contributed by atoms with Gasteiger partial charge in [-0.25, -0.2) is 0 Å². The number of nitrogens with zero attached hydrogens (tertiary/aromatic N) is 3. The summed E-state index contributed by atoms with van der Waals surface area (Å²) in [7, 11) is 0. The smallest absolute Gasteiger partial charge is 0.308 e. The zero-order chi connectivity index (χ0) is 27.8. The van der Waals surface area contributed by atoms with Gasteiger partial charge in [0.2, 0.25) is 18.6 Å². The Morgan fingerprint density at radius 1 is 1.13 bits per heavy atom. The number of aliphatic carboxylic acids is 1. The van der Waals surface area contributed by atoms with Crippen molar-refractivity contribution in [1.29, 1.82) is 0 Å². The quantitative estimate of drug-likeness (QED) is 0.172. The first-order valence-corrected chi connectivity index (χ1v) is 15.9. The van der Waals surface area contributed by atoms with Crippen LogP contribution in [0.4, 0.5) is 0 Å². The van der Waals surface area contributed by atoms with Crippen molar-refractivity contribution in [3.63, 3.8) is 0 Å². The van der Waals surface area contributed by atoms with Crippen LogP contribution in [0.1, 0.15) is 69.8 Å². The minimum Gasteiger partial charge on any atom is -0.481 e. The Kier molecular flexibility index (Phi) is 11.1. The molecule has 0 aliphatic carbocycles. The normalized spacial score (nSPS) is 22.6. The lowest BCUT2D eigenvalue weighted by atomic mass is 9.83. The summed E-state index contributed by atoms with van der Waals surface area (Å²) in [4.78, 5) is 44.4. The molecule has 0 bridgehead atoms. The van der Waals surface area contributed by atoms with Crippen LogP contribution >= 0.6 is 22.6 Å². The van der Waals surface area contributed by atoms with E-state index in [-0.39, 0.29) is 37.1 Å². The van der Waals surface area contributed by atoms with Gasteiger partial charge in [0.05, 0.1) is 12.5 Å². The fourth-order valence-electron chi connectivity index (χ4n) is 6.15. The summed E-state index contributed by atoms with van der Waals surface area (Å²) in [6.07, 6.45) is 6.85. The van der Waals surface area contributed by atoms with Crippen molar-refractivity contribution in [2.75, 3.05) is 50.5 Å². The molecular formula is C29H42IN3O6. The van der Waals surface area contributed by atoms with E-state index in [1.54, 1.807) is 0 Å². The van der Waals surface area contributed by atoms with Gasteiger partial charge in [-0.1, -0.05) is 42.0 Å². The molecule has 1 aromatic carbocycles. The van der Waals surface area contributed by atoms with E-state index in [1.807, 2.05) is 28.0 Å². The van der Waals surface area contributed by atoms with Crippen LogP contribution in [0.3, 0.4) is 0 Å². The zero-order valence-corrected chi connectivity index (χ0v) is 25.1. The van der Waals surface area contributed by atoms with Gasteiger partial charge in [0, 0.05) is 51.1 Å². The van der Waals surface area contributed by atoms with Gasteiger partial charge in [-0.2, -0.15) is 0 Å². The number of hydrogen-bond acceptors (Lipinski definition) is 6. The molecule has 2 fully saturated rings. The Hall–Kier alpha value is -2.08. The van der Waals surface area contributed by atoms with Crippen molar-refractivity contribution < 1.29 is 29.0 Å². The summed E-state index contributed by atoms with van der Waals surface area (Å²) in [6, 6.07) is 5.38. The average molecular weight is 656 g/mol. The first-order valence-electron chi connectivity index (χ1n) is 14.4. The largest absolute Gasteiger partial charge is 0.481 e. The number of carbonyl (C=O) groups excluding carboxylic acids is 2. The lowest BCUT2D eigenvalue weighted by molar-refractivity contribution is -0.144. The van der Waals surface area contributed by atoms with Crippen molar-refractivity contribution in [3.05, 3.63) is 23.8 Å². The van der Waals surface area contributed by atoms with Crippen molar-refractivity contribution in [2.45, 2.75) is 70.3 Å². The number of likely N-dealkylation sites (tertiary alicyclic amines) is 2. The van der Waals surface area contributed by atoms with Gasteiger partial charge < -0.3 is 24.4 Å². The van der Waals surface area contributed by atoms with E-state index in [0.29, 0.717) is 43.9 Å². The number of carboxylic acids is 1. The van der Waals surface area contributed by atoms with Crippen LogP contribution in [-0.4, -0.2) is 94.1 Å². The molecule has 0 aromatic heterocycles. The van der Waals surface area contributed by atoms with E-state index in [0.717, 1.165) is 61.7 Å². The molecule has 1 aromatic rings. The molecule has 1 N–H and O–H groups in total. The molecule has 9 nitrogen and oxygen atoms in total. The second kappa shape index (κ2) is 14.5. The predicted molar refractivity (Wildman–Crippen MR) is 156 cm³/mol. The molecule has 3 heterocycles. The Bertz CT molecular complexity index is 1010. The third-order valence-corrected chi connectivity index (χ3v) is 9.00. The fourth-order valence-corrected chi connectivity index (χ4v) is 6.69. The number of rotatable bonds is 15. The third-order valence-electron chi connectivity index (χ3n) is 8.24. The molecule has 0 unspecified atom stereocenters. The van der Waals surface area contributed by atoms with Gasteiger partial charge >= 0.3 is 5.97 Å². The second-order valence-corrected chi connectivity index (χ2v) is 11.9. The monoisotopic (exact) mass is 655 g/mol. The van der Waals surface area contributed by atoms with E-state index in [9.17, 15) is 19.5 Å². The van der Waals surface area contributed by atoms with Gasteiger partial charge in [0.1, 0.15) is 0 Å². The Labute approximate surface area is 245 Å². The zero-order valence-electron chi connectivity index (χ0n) is 23.0. The number of alkyl halides is 1. The van der Waals surface area contributed by atoms with Gasteiger partial charge in [0.15, 0.2) is 11.5 Å². The lowest BCUT2D eigenvalue weighted by Crippen LogP contribution is -2.45. The summed E-state index contributed by atoms with van der Waals surface area (Å²) in [6.45, 7) is 5.88. The van der Waals surface area contributed by atoms with Crippen LogP contribution in [0.15, 0.2) is 18.2 Å². The first kappa shape index (κ1) is 29.9. The number of ether oxygens (including phenoxy) is 2. The number of benzene rings is 1. The van der Waals surface area contributed by atoms with E-state index in [1.165, 1.54) is 0 Å². The minimum atomic E-state index is -0.847. The number of hydrogen-bond donors (Lipinski definition) is 1. The molecule has 2 amide bonds. The Balaban J connectivity index is 1.53. The number of carboxylic acid groups (broad SMARTS) is 1.